The van der Waals surface area contributed by atoms with Gasteiger partial charge in [-0.2, -0.15) is 0 Å². The molecule has 0 amide bonds. The summed E-state index contributed by atoms with van der Waals surface area (Å²) in [5.74, 6) is 0. The minimum Gasteiger partial charge on any atom is -0.394 e. The van der Waals surface area contributed by atoms with Gasteiger partial charge in [-0.1, -0.05) is 6.07 Å². The van der Waals surface area contributed by atoms with Crippen molar-refractivity contribution in [2.24, 2.45) is 0 Å². The zero-order chi connectivity index (χ0) is 13.1. The molecule has 1 unspecified atom stereocenters. The normalized spacial score (nSPS) is 19.0. The number of hydrogen-bond donors (Lipinski definition) is 2. The van der Waals surface area contributed by atoms with Gasteiger partial charge in [-0.05, 0) is 25.0 Å². The Hall–Kier alpha value is -1.82. The number of benzene rings is 1. The van der Waals surface area contributed by atoms with Crippen molar-refractivity contribution in [3.63, 3.8) is 0 Å². The highest BCUT2D eigenvalue weighted by atomic mass is 16.6. The van der Waals surface area contributed by atoms with Crippen LogP contribution in [-0.4, -0.2) is 36.3 Å². The van der Waals surface area contributed by atoms with E-state index in [1.807, 2.05) is 4.90 Å². The smallest absolute Gasteiger partial charge is 0.315 e. The molecule has 18 heavy (non-hydrogen) atoms. The number of para-hydroxylation sites is 1. The molecule has 1 aliphatic rings. The van der Waals surface area contributed by atoms with E-state index >= 15 is 0 Å². The summed E-state index contributed by atoms with van der Waals surface area (Å²) in [6, 6.07) is 5.20. The number of anilines is 2. The van der Waals surface area contributed by atoms with Gasteiger partial charge in [0.25, 0.3) is 0 Å². The average Bonchev–Trinajstić information content (AvgIpc) is 2.85. The number of nitro groups is 1. The van der Waals surface area contributed by atoms with Crippen LogP contribution in [0.5, 0.6) is 0 Å². The topological polar surface area (TPSA) is 78.6 Å². The molecule has 98 valence electrons. The van der Waals surface area contributed by atoms with Gasteiger partial charge in [-0.15, -0.1) is 0 Å². The number of nitrogens with zero attached hydrogens (tertiary/aromatic N) is 2. The van der Waals surface area contributed by atoms with Crippen molar-refractivity contribution < 1.29 is 10.0 Å². The van der Waals surface area contributed by atoms with E-state index < -0.39 is 0 Å². The number of rotatable bonds is 4. The van der Waals surface area contributed by atoms with Gasteiger partial charge >= 0.3 is 5.69 Å². The predicted octanol–water partition coefficient (Wildman–Crippen LogP) is 1.60. The minimum atomic E-state index is -0.367. The molecular formula is C12H17N3O3. The second-order valence-electron chi connectivity index (χ2n) is 4.35. The van der Waals surface area contributed by atoms with E-state index in [0.29, 0.717) is 11.4 Å². The lowest BCUT2D eigenvalue weighted by atomic mass is 10.2. The summed E-state index contributed by atoms with van der Waals surface area (Å²) in [6.07, 6.45) is 1.82. The van der Waals surface area contributed by atoms with Crippen LogP contribution in [0, 0.1) is 10.1 Å². The molecule has 1 aliphatic heterocycles. The van der Waals surface area contributed by atoms with Crippen LogP contribution in [0.3, 0.4) is 0 Å². The molecule has 1 heterocycles. The molecule has 0 bridgehead atoms. The lowest BCUT2D eigenvalue weighted by molar-refractivity contribution is -0.383. The highest BCUT2D eigenvalue weighted by Crippen LogP contribution is 2.38. The second kappa shape index (κ2) is 5.22. The molecule has 6 heteroatoms. The maximum Gasteiger partial charge on any atom is 0.315 e. The standard InChI is InChI=1S/C12H17N3O3/c1-13-10-5-2-6-11(12(10)15(17)18)14-7-3-4-9(14)8-16/h2,5-6,9,13,16H,3-4,7-8H2,1H3. The summed E-state index contributed by atoms with van der Waals surface area (Å²) in [5, 5.41) is 23.4. The van der Waals surface area contributed by atoms with Gasteiger partial charge in [-0.25, -0.2) is 0 Å². The van der Waals surface area contributed by atoms with E-state index in [4.69, 9.17) is 0 Å². The first-order valence-electron chi connectivity index (χ1n) is 6.01. The first kappa shape index (κ1) is 12.6. The van der Waals surface area contributed by atoms with E-state index in [2.05, 4.69) is 5.32 Å². The first-order valence-corrected chi connectivity index (χ1v) is 6.01. The average molecular weight is 251 g/mol. The van der Waals surface area contributed by atoms with Crippen molar-refractivity contribution in [2.45, 2.75) is 18.9 Å². The predicted molar refractivity (Wildman–Crippen MR) is 70.1 cm³/mol. The monoisotopic (exact) mass is 251 g/mol. The lowest BCUT2D eigenvalue weighted by Crippen LogP contribution is -2.32. The molecule has 0 saturated carbocycles. The van der Waals surface area contributed by atoms with Crippen molar-refractivity contribution >= 4 is 17.1 Å². The molecule has 0 spiro atoms. The Labute approximate surface area is 105 Å². The lowest BCUT2D eigenvalue weighted by Gasteiger charge is -2.25. The van der Waals surface area contributed by atoms with Crippen molar-refractivity contribution in [3.8, 4) is 0 Å². The molecule has 1 saturated heterocycles. The zero-order valence-corrected chi connectivity index (χ0v) is 10.3. The molecule has 6 nitrogen and oxygen atoms in total. The largest absolute Gasteiger partial charge is 0.394 e. The Morgan fingerprint density at radius 2 is 2.39 bits per heavy atom. The molecule has 1 aromatic rings. The van der Waals surface area contributed by atoms with Crippen LogP contribution in [0.1, 0.15) is 12.8 Å². The van der Waals surface area contributed by atoms with Crippen molar-refractivity contribution in [2.75, 3.05) is 30.4 Å². The molecule has 0 radical (unpaired) electrons. The molecule has 1 aromatic carbocycles. The number of nitro benzene ring substituents is 1. The summed E-state index contributed by atoms with van der Waals surface area (Å²) < 4.78 is 0. The zero-order valence-electron chi connectivity index (χ0n) is 10.3. The summed E-state index contributed by atoms with van der Waals surface area (Å²) in [6.45, 7) is 0.778. The van der Waals surface area contributed by atoms with Crippen LogP contribution in [0.25, 0.3) is 0 Å². The van der Waals surface area contributed by atoms with Crippen LogP contribution in [0.4, 0.5) is 17.1 Å². The van der Waals surface area contributed by atoms with E-state index in [1.54, 1.807) is 25.2 Å². The van der Waals surface area contributed by atoms with Crippen molar-refractivity contribution in [1.29, 1.82) is 0 Å². The third-order valence-corrected chi connectivity index (χ3v) is 3.36. The third kappa shape index (κ3) is 2.11. The first-order chi connectivity index (χ1) is 8.69. The van der Waals surface area contributed by atoms with Crippen molar-refractivity contribution in [3.05, 3.63) is 28.3 Å². The second-order valence-corrected chi connectivity index (χ2v) is 4.35. The maximum atomic E-state index is 11.2. The van der Waals surface area contributed by atoms with Crippen molar-refractivity contribution in [1.82, 2.24) is 0 Å². The van der Waals surface area contributed by atoms with E-state index in [0.717, 1.165) is 19.4 Å². The van der Waals surface area contributed by atoms with Gasteiger partial charge in [-0.3, -0.25) is 10.1 Å². The van der Waals surface area contributed by atoms with Gasteiger partial charge in [0.2, 0.25) is 0 Å². The maximum absolute atomic E-state index is 11.2. The third-order valence-electron chi connectivity index (χ3n) is 3.36. The van der Waals surface area contributed by atoms with E-state index in [1.165, 1.54) is 0 Å². The van der Waals surface area contributed by atoms with Gasteiger partial charge in [0.1, 0.15) is 11.4 Å². The number of hydrogen-bond acceptors (Lipinski definition) is 5. The number of aliphatic hydroxyl groups excluding tert-OH is 1. The quantitative estimate of drug-likeness (QED) is 0.627. The minimum absolute atomic E-state index is 0.0178. The van der Waals surface area contributed by atoms with Crippen LogP contribution in [0.15, 0.2) is 18.2 Å². The molecule has 1 fully saturated rings. The molecule has 1 atom stereocenters. The fraction of sp³-hybridized carbons (Fsp3) is 0.500. The molecule has 2 N–H and O–H groups in total. The Balaban J connectivity index is 2.46. The van der Waals surface area contributed by atoms with Gasteiger partial charge in [0.15, 0.2) is 0 Å². The molecule has 2 rings (SSSR count). The fourth-order valence-electron chi connectivity index (χ4n) is 2.50. The Bertz CT molecular complexity index is 450. The van der Waals surface area contributed by atoms with Gasteiger partial charge < -0.3 is 15.3 Å². The highest BCUT2D eigenvalue weighted by molar-refractivity contribution is 5.77. The van der Waals surface area contributed by atoms with Crippen LogP contribution in [-0.2, 0) is 0 Å². The van der Waals surface area contributed by atoms with Crippen LogP contribution >= 0.6 is 0 Å². The SMILES string of the molecule is CNc1cccc(N2CCCC2CO)c1[N+](=O)[O-]. The molecule has 0 aliphatic carbocycles. The van der Waals surface area contributed by atoms with Crippen LogP contribution < -0.4 is 10.2 Å². The number of aliphatic hydroxyl groups is 1. The molecule has 0 aromatic heterocycles. The highest BCUT2D eigenvalue weighted by Gasteiger charge is 2.30. The number of nitrogens with one attached hydrogen (secondary N) is 1. The van der Waals surface area contributed by atoms with Gasteiger partial charge in [0.05, 0.1) is 17.6 Å². The Morgan fingerprint density at radius 1 is 1.61 bits per heavy atom. The summed E-state index contributed by atoms with van der Waals surface area (Å²) in [7, 11) is 1.67. The van der Waals surface area contributed by atoms with Gasteiger partial charge in [0, 0.05) is 13.6 Å². The Kier molecular flexibility index (Phi) is 3.66. The summed E-state index contributed by atoms with van der Waals surface area (Å²) >= 11 is 0. The van der Waals surface area contributed by atoms with E-state index in [-0.39, 0.29) is 23.3 Å². The summed E-state index contributed by atoms with van der Waals surface area (Å²) in [5.41, 5.74) is 1.17. The fourth-order valence-corrected chi connectivity index (χ4v) is 2.50. The molecular weight excluding hydrogens is 234 g/mol. The van der Waals surface area contributed by atoms with E-state index in [9.17, 15) is 15.2 Å². The van der Waals surface area contributed by atoms with Crippen LogP contribution in [0.2, 0.25) is 0 Å². The summed E-state index contributed by atoms with van der Waals surface area (Å²) in [4.78, 5) is 12.8. The Morgan fingerprint density at radius 3 is 3.00 bits per heavy atom.